The number of hydrogen-bond acceptors (Lipinski definition) is 8. The van der Waals surface area contributed by atoms with E-state index in [-0.39, 0.29) is 29.1 Å². The highest BCUT2D eigenvalue weighted by atomic mass is 16.3. The number of rotatable bonds is 4. The SMILES string of the molecule is Cc1ncn[nH]c(C(=O)CO)c(C)[nH]ncnc1C(=O)C=O. The van der Waals surface area contributed by atoms with Crippen LogP contribution in [0.4, 0.5) is 0 Å². The maximum atomic E-state index is 11.6. The van der Waals surface area contributed by atoms with Gasteiger partial charge in [0.2, 0.25) is 11.6 Å². The van der Waals surface area contributed by atoms with Gasteiger partial charge in [-0.1, -0.05) is 0 Å². The second-order valence-electron chi connectivity index (χ2n) is 3.97. The van der Waals surface area contributed by atoms with Crippen molar-refractivity contribution in [1.29, 1.82) is 0 Å². The number of aromatic amines is 2. The van der Waals surface area contributed by atoms with Crippen LogP contribution in [0, 0.1) is 13.8 Å². The Bertz CT molecular complexity index is 691. The molecule has 0 aliphatic heterocycles. The predicted octanol–water partition coefficient (Wildman–Crippen LogP) is -0.655. The first kappa shape index (κ1) is 17.0. The molecule has 0 amide bonds. The Morgan fingerprint density at radius 1 is 1.18 bits per heavy atom. The summed E-state index contributed by atoms with van der Waals surface area (Å²) in [6, 6.07) is 0. The van der Waals surface area contributed by atoms with Gasteiger partial charge in [-0.05, 0) is 13.8 Å². The number of Topliss-reactive ketones (excluding diaryl/α,β-unsaturated/α-hetero) is 2. The molecule has 1 heterocycles. The van der Waals surface area contributed by atoms with Crippen molar-refractivity contribution in [1.82, 2.24) is 30.4 Å². The first-order chi connectivity index (χ1) is 10.5. The lowest BCUT2D eigenvalue weighted by atomic mass is 10.2. The standard InChI is InChI=1S/C12H14N6O4/c1-7-11(9(21)3-19)14-6-15-17-8(2)12(10(22)4-20)18-16-5-13-7/h3,5-6,17-18,20H,4H2,1-2H3. The molecule has 116 valence electrons. The molecule has 0 atom stereocenters. The van der Waals surface area contributed by atoms with E-state index in [1.165, 1.54) is 13.8 Å². The summed E-state index contributed by atoms with van der Waals surface area (Å²) in [5.41, 5.74) is 0.232. The van der Waals surface area contributed by atoms with Gasteiger partial charge in [-0.15, -0.1) is 0 Å². The number of H-pyrrole nitrogens is 2. The van der Waals surface area contributed by atoms with Crippen molar-refractivity contribution in [2.75, 3.05) is 6.61 Å². The highest BCUT2D eigenvalue weighted by Crippen LogP contribution is 1.97. The largest absolute Gasteiger partial charge is 0.388 e. The zero-order valence-corrected chi connectivity index (χ0v) is 11.9. The van der Waals surface area contributed by atoms with Crippen LogP contribution >= 0.6 is 0 Å². The topological polar surface area (TPSA) is 155 Å². The Balaban J connectivity index is 3.59. The van der Waals surface area contributed by atoms with Gasteiger partial charge in [-0.2, -0.15) is 10.2 Å². The maximum absolute atomic E-state index is 11.6. The summed E-state index contributed by atoms with van der Waals surface area (Å²) < 4.78 is 0. The fourth-order valence-corrected chi connectivity index (χ4v) is 1.36. The third kappa shape index (κ3) is 4.52. The van der Waals surface area contributed by atoms with E-state index in [2.05, 4.69) is 30.4 Å². The lowest BCUT2D eigenvalue weighted by molar-refractivity contribution is -0.104. The van der Waals surface area contributed by atoms with E-state index in [0.717, 1.165) is 12.7 Å². The molecule has 10 nitrogen and oxygen atoms in total. The number of carbonyl (C=O) groups excluding carboxylic acids is 3. The van der Waals surface area contributed by atoms with Crippen molar-refractivity contribution < 1.29 is 19.5 Å². The number of carbonyl (C=O) groups is 3. The minimum absolute atomic E-state index is 0.00232. The average Bonchev–Trinajstić information content (AvgIpc) is 2.51. The summed E-state index contributed by atoms with van der Waals surface area (Å²) >= 11 is 0. The Hall–Kier alpha value is -3.01. The van der Waals surface area contributed by atoms with Crippen molar-refractivity contribution in [2.45, 2.75) is 13.8 Å². The first-order valence-corrected chi connectivity index (χ1v) is 6.03. The number of nitrogens with zero attached hydrogens (tertiary/aromatic N) is 4. The fourth-order valence-electron chi connectivity index (χ4n) is 1.36. The number of aliphatic hydroxyl groups is 1. The number of aldehydes is 1. The monoisotopic (exact) mass is 306 g/mol. The predicted molar refractivity (Wildman–Crippen MR) is 72.9 cm³/mol. The maximum Gasteiger partial charge on any atom is 0.245 e. The molecule has 10 heteroatoms. The third-order valence-electron chi connectivity index (χ3n) is 2.44. The van der Waals surface area contributed by atoms with Crippen LogP contribution in [0.2, 0.25) is 0 Å². The van der Waals surface area contributed by atoms with Gasteiger partial charge in [-0.3, -0.25) is 24.6 Å². The molecule has 1 aromatic heterocycles. The summed E-state index contributed by atoms with van der Waals surface area (Å²) in [5.74, 6) is -1.45. The van der Waals surface area contributed by atoms with Crippen LogP contribution < -0.4 is 0 Å². The molecule has 0 unspecified atom stereocenters. The van der Waals surface area contributed by atoms with Crippen molar-refractivity contribution in [2.24, 2.45) is 0 Å². The number of hydrogen-bond donors (Lipinski definition) is 3. The summed E-state index contributed by atoms with van der Waals surface area (Å²) in [6.45, 7) is 2.27. The Kier molecular flexibility index (Phi) is 6.44. The number of aromatic nitrogens is 6. The van der Waals surface area contributed by atoms with Gasteiger partial charge in [0.05, 0.1) is 11.4 Å². The van der Waals surface area contributed by atoms with Gasteiger partial charge >= 0.3 is 0 Å². The van der Waals surface area contributed by atoms with Gasteiger partial charge in [0.15, 0.2) is 6.29 Å². The Labute approximate surface area is 124 Å². The molecular formula is C12H14N6O4. The van der Waals surface area contributed by atoms with E-state index in [1.807, 2.05) is 0 Å². The smallest absolute Gasteiger partial charge is 0.245 e. The van der Waals surface area contributed by atoms with E-state index in [9.17, 15) is 14.4 Å². The quantitative estimate of drug-likeness (QED) is 0.376. The van der Waals surface area contributed by atoms with Gasteiger partial charge in [-0.25, -0.2) is 9.97 Å². The zero-order chi connectivity index (χ0) is 16.5. The van der Waals surface area contributed by atoms with Crippen molar-refractivity contribution in [3.8, 4) is 0 Å². The summed E-state index contributed by atoms with van der Waals surface area (Å²) in [4.78, 5) is 41.1. The van der Waals surface area contributed by atoms with Crippen LogP contribution in [0.25, 0.3) is 0 Å². The third-order valence-corrected chi connectivity index (χ3v) is 2.44. The Morgan fingerprint density at radius 2 is 1.82 bits per heavy atom. The van der Waals surface area contributed by atoms with Gasteiger partial charge in [0, 0.05) is 0 Å². The molecular weight excluding hydrogens is 292 g/mol. The van der Waals surface area contributed by atoms with Crippen LogP contribution in [0.15, 0.2) is 12.7 Å². The second-order valence-corrected chi connectivity index (χ2v) is 3.97. The number of ketones is 2. The molecule has 0 aliphatic carbocycles. The first-order valence-electron chi connectivity index (χ1n) is 6.03. The molecule has 0 aliphatic rings. The summed E-state index contributed by atoms with van der Waals surface area (Å²) in [6.07, 6.45) is 2.15. The van der Waals surface area contributed by atoms with Gasteiger partial charge in [0.1, 0.15) is 30.6 Å². The van der Waals surface area contributed by atoms with Crippen molar-refractivity contribution >= 4 is 17.9 Å². The molecule has 3 N–H and O–H groups in total. The molecule has 1 aromatic rings. The minimum Gasteiger partial charge on any atom is -0.388 e. The van der Waals surface area contributed by atoms with Crippen molar-refractivity contribution in [3.05, 3.63) is 35.4 Å². The van der Waals surface area contributed by atoms with Crippen LogP contribution in [-0.4, -0.2) is 59.9 Å². The number of aryl methyl sites for hydroxylation is 2. The summed E-state index contributed by atoms with van der Waals surface area (Å²) in [7, 11) is 0. The zero-order valence-electron chi connectivity index (χ0n) is 11.9. The molecule has 0 fully saturated rings. The van der Waals surface area contributed by atoms with E-state index in [0.29, 0.717) is 0 Å². The Morgan fingerprint density at radius 3 is 2.45 bits per heavy atom. The van der Waals surface area contributed by atoms with Crippen LogP contribution in [0.5, 0.6) is 0 Å². The molecule has 0 saturated heterocycles. The molecule has 0 radical (unpaired) electrons. The number of nitrogens with one attached hydrogen (secondary N) is 2. The van der Waals surface area contributed by atoms with Crippen LogP contribution in [-0.2, 0) is 4.79 Å². The van der Waals surface area contributed by atoms with E-state index in [4.69, 9.17) is 5.11 Å². The molecule has 0 bridgehead atoms. The van der Waals surface area contributed by atoms with Crippen LogP contribution in [0.1, 0.15) is 32.4 Å². The second kappa shape index (κ2) is 8.32. The molecule has 0 spiro atoms. The van der Waals surface area contributed by atoms with Crippen LogP contribution in [0.3, 0.4) is 0 Å². The van der Waals surface area contributed by atoms with E-state index >= 15 is 0 Å². The highest BCUT2D eigenvalue weighted by molar-refractivity contribution is 6.32. The van der Waals surface area contributed by atoms with E-state index < -0.39 is 18.2 Å². The minimum atomic E-state index is -0.852. The lowest BCUT2D eigenvalue weighted by Gasteiger charge is -1.98. The summed E-state index contributed by atoms with van der Waals surface area (Å²) in [5, 5.41) is 21.2. The normalized spacial score (nSPS) is 9.41. The average molecular weight is 306 g/mol. The van der Waals surface area contributed by atoms with Crippen molar-refractivity contribution in [3.63, 3.8) is 0 Å². The van der Waals surface area contributed by atoms with Gasteiger partial charge < -0.3 is 5.11 Å². The lowest BCUT2D eigenvalue weighted by Crippen LogP contribution is -2.10. The van der Waals surface area contributed by atoms with Gasteiger partial charge in [0.25, 0.3) is 0 Å². The molecule has 0 saturated carbocycles. The van der Waals surface area contributed by atoms with E-state index in [1.54, 1.807) is 0 Å². The molecule has 22 heavy (non-hydrogen) atoms. The highest BCUT2D eigenvalue weighted by Gasteiger charge is 2.08. The molecule has 1 rings (SSSR count). The molecule has 0 aromatic carbocycles. The number of aliphatic hydroxyl groups excluding tert-OH is 1. The fraction of sp³-hybridized carbons (Fsp3) is 0.250.